The summed E-state index contributed by atoms with van der Waals surface area (Å²) < 4.78 is 13.1. The van der Waals surface area contributed by atoms with Crippen molar-refractivity contribution in [2.75, 3.05) is 13.7 Å². The lowest BCUT2D eigenvalue weighted by Gasteiger charge is -2.28. The monoisotopic (exact) mass is 394 g/mol. The van der Waals surface area contributed by atoms with Crippen molar-refractivity contribution in [3.63, 3.8) is 0 Å². The number of hydrogen-bond acceptors (Lipinski definition) is 5. The van der Waals surface area contributed by atoms with Crippen molar-refractivity contribution in [3.05, 3.63) is 53.0 Å². The molecule has 0 saturated carbocycles. The topological polar surface area (TPSA) is 73.4 Å². The molecule has 0 bridgehead atoms. The van der Waals surface area contributed by atoms with Crippen molar-refractivity contribution in [2.24, 2.45) is 0 Å². The third kappa shape index (κ3) is 3.77. The molecule has 7 heteroatoms. The predicted octanol–water partition coefficient (Wildman–Crippen LogP) is 3.39. The first-order chi connectivity index (χ1) is 14.1. The number of aryl methyl sites for hydroxylation is 3. The highest BCUT2D eigenvalue weighted by atomic mass is 16.5. The Morgan fingerprint density at radius 2 is 2.14 bits per heavy atom. The number of carbonyl (C=O) groups excluding carboxylic acids is 1. The van der Waals surface area contributed by atoms with E-state index in [4.69, 9.17) is 14.3 Å². The largest absolute Gasteiger partial charge is 0.496 e. The molecule has 152 valence electrons. The van der Waals surface area contributed by atoms with Gasteiger partial charge in [-0.3, -0.25) is 9.48 Å². The molecule has 4 rings (SSSR count). The lowest BCUT2D eigenvalue weighted by molar-refractivity contribution is -0.132. The van der Waals surface area contributed by atoms with E-state index in [1.165, 1.54) is 5.69 Å². The van der Waals surface area contributed by atoms with Crippen LogP contribution in [0.25, 0.3) is 11.6 Å². The van der Waals surface area contributed by atoms with Crippen molar-refractivity contribution in [3.8, 4) is 17.3 Å². The molecule has 0 atom stereocenters. The van der Waals surface area contributed by atoms with Gasteiger partial charge in [-0.25, -0.2) is 4.98 Å². The molecule has 0 N–H and O–H groups in total. The zero-order valence-corrected chi connectivity index (χ0v) is 17.1. The van der Waals surface area contributed by atoms with Crippen LogP contribution in [0.3, 0.4) is 0 Å². The molecule has 0 fully saturated rings. The van der Waals surface area contributed by atoms with Crippen LogP contribution >= 0.6 is 0 Å². The van der Waals surface area contributed by atoms with Gasteiger partial charge in [0.1, 0.15) is 11.5 Å². The van der Waals surface area contributed by atoms with Crippen LogP contribution in [-0.4, -0.2) is 39.2 Å². The van der Waals surface area contributed by atoms with Crippen LogP contribution in [0.1, 0.15) is 35.9 Å². The van der Waals surface area contributed by atoms with Crippen LogP contribution in [0.2, 0.25) is 0 Å². The van der Waals surface area contributed by atoms with E-state index < -0.39 is 0 Å². The SMILES string of the molecule is CCn1nc(-c2ncc(C)o2)c2c1CCN(C(=O)CCc1ccccc1OC)C2. The van der Waals surface area contributed by atoms with Gasteiger partial charge in [0, 0.05) is 43.7 Å². The second-order valence-electron chi connectivity index (χ2n) is 7.24. The third-order valence-corrected chi connectivity index (χ3v) is 5.41. The van der Waals surface area contributed by atoms with E-state index in [9.17, 15) is 4.79 Å². The molecule has 1 aliphatic rings. The summed E-state index contributed by atoms with van der Waals surface area (Å²) in [6, 6.07) is 7.85. The highest BCUT2D eigenvalue weighted by Gasteiger charge is 2.29. The van der Waals surface area contributed by atoms with Gasteiger partial charge >= 0.3 is 0 Å². The molecule has 0 radical (unpaired) electrons. The maximum absolute atomic E-state index is 12.9. The number of ether oxygens (including phenoxy) is 1. The van der Waals surface area contributed by atoms with Crippen molar-refractivity contribution in [1.29, 1.82) is 0 Å². The van der Waals surface area contributed by atoms with Crippen molar-refractivity contribution in [2.45, 2.75) is 46.2 Å². The normalized spacial score (nSPS) is 13.4. The first-order valence-electron chi connectivity index (χ1n) is 10.0. The molecule has 29 heavy (non-hydrogen) atoms. The highest BCUT2D eigenvalue weighted by Crippen LogP contribution is 2.30. The van der Waals surface area contributed by atoms with Crippen molar-refractivity contribution >= 4 is 5.91 Å². The summed E-state index contributed by atoms with van der Waals surface area (Å²) in [6.07, 6.45) is 3.60. The van der Waals surface area contributed by atoms with Gasteiger partial charge in [-0.15, -0.1) is 0 Å². The molecule has 0 unspecified atom stereocenters. The zero-order valence-electron chi connectivity index (χ0n) is 17.1. The lowest BCUT2D eigenvalue weighted by Crippen LogP contribution is -2.36. The van der Waals surface area contributed by atoms with E-state index in [1.807, 2.05) is 40.8 Å². The Bertz CT molecular complexity index is 1020. The van der Waals surface area contributed by atoms with E-state index in [1.54, 1.807) is 13.3 Å². The van der Waals surface area contributed by atoms with E-state index in [-0.39, 0.29) is 5.91 Å². The summed E-state index contributed by atoms with van der Waals surface area (Å²) in [5.74, 6) is 2.24. The molecule has 1 aromatic carbocycles. The summed E-state index contributed by atoms with van der Waals surface area (Å²) in [7, 11) is 1.66. The second kappa shape index (κ2) is 8.11. The summed E-state index contributed by atoms with van der Waals surface area (Å²) in [6.45, 7) is 5.96. The minimum atomic E-state index is 0.139. The summed E-state index contributed by atoms with van der Waals surface area (Å²) >= 11 is 0. The summed E-state index contributed by atoms with van der Waals surface area (Å²) in [4.78, 5) is 19.2. The first-order valence-corrected chi connectivity index (χ1v) is 10.0. The highest BCUT2D eigenvalue weighted by molar-refractivity contribution is 5.77. The quantitative estimate of drug-likeness (QED) is 0.641. The maximum atomic E-state index is 12.9. The molecule has 3 aromatic rings. The van der Waals surface area contributed by atoms with Crippen LogP contribution in [-0.2, 0) is 30.7 Å². The number of nitrogens with zero attached hydrogens (tertiary/aromatic N) is 4. The van der Waals surface area contributed by atoms with Gasteiger partial charge in [-0.1, -0.05) is 18.2 Å². The number of hydrogen-bond donors (Lipinski definition) is 0. The number of rotatable bonds is 6. The Hall–Kier alpha value is -3.09. The number of methoxy groups -OCH3 is 1. The van der Waals surface area contributed by atoms with E-state index in [0.717, 1.165) is 41.3 Å². The van der Waals surface area contributed by atoms with Gasteiger partial charge < -0.3 is 14.1 Å². The molecular weight excluding hydrogens is 368 g/mol. The Morgan fingerprint density at radius 1 is 1.31 bits per heavy atom. The van der Waals surface area contributed by atoms with Crippen LogP contribution in [0.5, 0.6) is 5.75 Å². The lowest BCUT2D eigenvalue weighted by atomic mass is 10.0. The second-order valence-corrected chi connectivity index (χ2v) is 7.24. The van der Waals surface area contributed by atoms with E-state index >= 15 is 0 Å². The van der Waals surface area contributed by atoms with Crippen molar-refractivity contribution < 1.29 is 13.9 Å². The Labute approximate surface area is 170 Å². The standard InChI is InChI=1S/C22H26N4O3/c1-4-26-18-11-12-25(14-17(18)21(24-26)22-23-13-15(2)29-22)20(27)10-9-16-7-5-6-8-19(16)28-3/h5-8,13H,4,9-12,14H2,1-3H3. The molecule has 3 heterocycles. The molecular formula is C22H26N4O3. The van der Waals surface area contributed by atoms with Gasteiger partial charge in [-0.2, -0.15) is 5.10 Å². The van der Waals surface area contributed by atoms with Crippen LogP contribution < -0.4 is 4.74 Å². The Morgan fingerprint density at radius 3 is 2.86 bits per heavy atom. The molecule has 7 nitrogen and oxygen atoms in total. The smallest absolute Gasteiger partial charge is 0.247 e. The maximum Gasteiger partial charge on any atom is 0.247 e. The Kier molecular flexibility index (Phi) is 5.38. The number of fused-ring (bicyclic) bond motifs is 1. The summed E-state index contributed by atoms with van der Waals surface area (Å²) in [5.41, 5.74) is 4.02. The number of aromatic nitrogens is 3. The zero-order chi connectivity index (χ0) is 20.4. The van der Waals surface area contributed by atoms with E-state index in [2.05, 4.69) is 11.9 Å². The average molecular weight is 394 g/mol. The van der Waals surface area contributed by atoms with Gasteiger partial charge in [0.2, 0.25) is 11.8 Å². The number of benzene rings is 1. The van der Waals surface area contributed by atoms with Crippen LogP contribution in [0.15, 0.2) is 34.9 Å². The van der Waals surface area contributed by atoms with Gasteiger partial charge in [-0.05, 0) is 31.9 Å². The average Bonchev–Trinajstić information content (AvgIpc) is 3.34. The number of carbonyl (C=O) groups is 1. The minimum Gasteiger partial charge on any atom is -0.496 e. The number of amides is 1. The third-order valence-electron chi connectivity index (χ3n) is 5.41. The van der Waals surface area contributed by atoms with Gasteiger partial charge in [0.05, 0.1) is 13.3 Å². The molecule has 0 saturated heterocycles. The number of oxazole rings is 1. The first kappa shape index (κ1) is 19.2. The molecule has 0 spiro atoms. The van der Waals surface area contributed by atoms with Crippen LogP contribution in [0.4, 0.5) is 0 Å². The number of para-hydroxylation sites is 1. The van der Waals surface area contributed by atoms with E-state index in [0.29, 0.717) is 31.8 Å². The fraction of sp³-hybridized carbons (Fsp3) is 0.409. The van der Waals surface area contributed by atoms with Gasteiger partial charge in [0.15, 0.2) is 5.69 Å². The molecule has 1 aliphatic heterocycles. The molecule has 0 aliphatic carbocycles. The fourth-order valence-electron chi connectivity index (χ4n) is 3.91. The van der Waals surface area contributed by atoms with Crippen LogP contribution in [0, 0.1) is 6.92 Å². The van der Waals surface area contributed by atoms with Crippen molar-refractivity contribution in [1.82, 2.24) is 19.7 Å². The molecule has 1 amide bonds. The Balaban J connectivity index is 1.52. The fourth-order valence-corrected chi connectivity index (χ4v) is 3.91. The predicted molar refractivity (Wildman–Crippen MR) is 109 cm³/mol. The minimum absolute atomic E-state index is 0.139. The summed E-state index contributed by atoms with van der Waals surface area (Å²) in [5, 5.41) is 4.71. The van der Waals surface area contributed by atoms with Gasteiger partial charge in [0.25, 0.3) is 0 Å². The molecule has 2 aromatic heterocycles.